The van der Waals surface area contributed by atoms with Crippen molar-refractivity contribution in [3.63, 3.8) is 0 Å². The Hall–Kier alpha value is -1.64. The molecule has 0 saturated carbocycles. The normalized spacial score (nSPS) is 11.2. The molecule has 10 heteroatoms. The van der Waals surface area contributed by atoms with Crippen LogP contribution in [0.25, 0.3) is 11.0 Å². The standard InChI is InChI=1S/C17H9B3Br2O5/c18-11-10-9(14(24)5-3-6(21)15(25)7(22)4-5)8(1-2-23)27-17(10)13(20)16(26)12(11)19/h3-4,23,25-26H,1-2H2. The lowest BCUT2D eigenvalue weighted by Gasteiger charge is -2.11. The molecule has 1 heterocycles. The van der Waals surface area contributed by atoms with Crippen LogP contribution in [0, 0.1) is 0 Å². The van der Waals surface area contributed by atoms with Gasteiger partial charge in [0.05, 0.1) is 21.1 Å². The average Bonchev–Trinajstić information content (AvgIpc) is 3.01. The summed E-state index contributed by atoms with van der Waals surface area (Å²) in [5.74, 6) is -0.813. The summed E-state index contributed by atoms with van der Waals surface area (Å²) in [6.45, 7) is -0.287. The van der Waals surface area contributed by atoms with Crippen LogP contribution in [0.2, 0.25) is 0 Å². The van der Waals surface area contributed by atoms with E-state index in [2.05, 4.69) is 31.9 Å². The molecule has 1 aromatic heterocycles. The number of phenolic OH excluding ortho intramolecular Hbond substituents is 2. The van der Waals surface area contributed by atoms with Gasteiger partial charge in [-0.15, -0.1) is 0 Å². The van der Waals surface area contributed by atoms with Crippen molar-refractivity contribution in [3.05, 3.63) is 38.0 Å². The smallest absolute Gasteiger partial charge is 0.197 e. The Morgan fingerprint density at radius 1 is 1.00 bits per heavy atom. The molecule has 0 amide bonds. The Balaban J connectivity index is 2.36. The molecule has 0 aliphatic rings. The lowest BCUT2D eigenvalue weighted by Crippen LogP contribution is -2.32. The maximum absolute atomic E-state index is 13.2. The number of aliphatic hydroxyl groups excluding tert-OH is 1. The van der Waals surface area contributed by atoms with Gasteiger partial charge in [-0.3, -0.25) is 4.79 Å². The van der Waals surface area contributed by atoms with Crippen molar-refractivity contribution in [3.8, 4) is 11.5 Å². The number of aliphatic hydroxyl groups is 1. The summed E-state index contributed by atoms with van der Waals surface area (Å²) < 4.78 is 6.25. The third-order valence-corrected chi connectivity index (χ3v) is 5.35. The largest absolute Gasteiger partial charge is 0.509 e. The summed E-state index contributed by atoms with van der Waals surface area (Å²) in [5.41, 5.74) is -0.0493. The van der Waals surface area contributed by atoms with Gasteiger partial charge in [0.2, 0.25) is 0 Å². The number of ketones is 1. The van der Waals surface area contributed by atoms with E-state index in [0.717, 1.165) is 0 Å². The zero-order valence-electron chi connectivity index (χ0n) is 13.7. The van der Waals surface area contributed by atoms with Crippen LogP contribution >= 0.6 is 31.9 Å². The van der Waals surface area contributed by atoms with Gasteiger partial charge in [-0.2, -0.15) is 0 Å². The van der Waals surface area contributed by atoms with Crippen LogP contribution in [0.1, 0.15) is 21.7 Å². The minimum atomic E-state index is -0.477. The number of halogens is 2. The second kappa shape index (κ2) is 7.41. The molecule has 0 spiro atoms. The summed E-state index contributed by atoms with van der Waals surface area (Å²) in [7, 11) is 17.7. The highest BCUT2D eigenvalue weighted by Gasteiger charge is 2.26. The van der Waals surface area contributed by atoms with Gasteiger partial charge in [0.25, 0.3) is 0 Å². The topological polar surface area (TPSA) is 90.9 Å². The fourth-order valence-corrected chi connectivity index (χ4v) is 3.98. The van der Waals surface area contributed by atoms with Crippen LogP contribution in [-0.4, -0.2) is 51.2 Å². The minimum absolute atomic E-state index is 0.0166. The van der Waals surface area contributed by atoms with Crippen LogP contribution < -0.4 is 16.4 Å². The van der Waals surface area contributed by atoms with Gasteiger partial charge in [-0.25, -0.2) is 0 Å². The predicted molar refractivity (Wildman–Crippen MR) is 112 cm³/mol. The highest BCUT2D eigenvalue weighted by molar-refractivity contribution is 9.11. The number of rotatable bonds is 4. The van der Waals surface area contributed by atoms with Crippen LogP contribution in [0.3, 0.4) is 0 Å². The van der Waals surface area contributed by atoms with E-state index in [0.29, 0.717) is 8.95 Å². The quantitative estimate of drug-likeness (QED) is 0.370. The highest BCUT2D eigenvalue weighted by Crippen LogP contribution is 2.35. The number of carbonyl (C=O) groups is 1. The van der Waals surface area contributed by atoms with E-state index in [4.69, 9.17) is 28.0 Å². The molecular weight excluding hydrogens is 476 g/mol. The van der Waals surface area contributed by atoms with E-state index < -0.39 is 11.5 Å². The Morgan fingerprint density at radius 3 is 2.15 bits per heavy atom. The Kier molecular flexibility index (Phi) is 5.52. The van der Waals surface area contributed by atoms with Crippen molar-refractivity contribution in [2.24, 2.45) is 0 Å². The second-order valence-corrected chi connectivity index (χ2v) is 7.49. The Bertz CT molecular complexity index is 1070. The first-order valence-corrected chi connectivity index (χ1v) is 9.21. The zero-order chi connectivity index (χ0) is 20.0. The number of hydrogen-bond acceptors (Lipinski definition) is 5. The number of hydrogen-bond donors (Lipinski definition) is 3. The average molecular weight is 485 g/mol. The summed E-state index contributed by atoms with van der Waals surface area (Å²) >= 11 is 6.36. The molecule has 6 radical (unpaired) electrons. The van der Waals surface area contributed by atoms with Crippen molar-refractivity contribution in [2.45, 2.75) is 6.42 Å². The third kappa shape index (κ3) is 3.24. The van der Waals surface area contributed by atoms with Crippen LogP contribution in [0.15, 0.2) is 25.5 Å². The van der Waals surface area contributed by atoms with Gasteiger partial charge in [0.1, 0.15) is 46.4 Å². The fraction of sp³-hybridized carbons (Fsp3) is 0.118. The molecule has 0 aliphatic carbocycles. The van der Waals surface area contributed by atoms with E-state index in [1.54, 1.807) is 0 Å². The zero-order valence-corrected chi connectivity index (χ0v) is 16.9. The summed E-state index contributed by atoms with van der Waals surface area (Å²) in [6.07, 6.45) is 0.0235. The van der Waals surface area contributed by atoms with Gasteiger partial charge in [-0.05, 0) is 49.5 Å². The molecule has 0 saturated heterocycles. The van der Waals surface area contributed by atoms with Crippen molar-refractivity contribution in [2.75, 3.05) is 6.61 Å². The van der Waals surface area contributed by atoms with Gasteiger partial charge >= 0.3 is 0 Å². The van der Waals surface area contributed by atoms with Crippen molar-refractivity contribution in [1.29, 1.82) is 0 Å². The molecule has 3 aromatic rings. The number of aromatic hydroxyl groups is 2. The first kappa shape index (κ1) is 20.1. The second-order valence-electron chi connectivity index (χ2n) is 5.79. The van der Waals surface area contributed by atoms with E-state index in [1.807, 2.05) is 0 Å². The molecule has 3 rings (SSSR count). The molecule has 5 nitrogen and oxygen atoms in total. The number of furan rings is 1. The molecule has 0 unspecified atom stereocenters. The van der Waals surface area contributed by atoms with E-state index >= 15 is 0 Å². The van der Waals surface area contributed by atoms with E-state index in [9.17, 15) is 20.1 Å². The fourth-order valence-electron chi connectivity index (χ4n) is 2.80. The molecule has 0 aliphatic heterocycles. The molecule has 130 valence electrons. The molecule has 0 fully saturated rings. The summed E-state index contributed by atoms with van der Waals surface area (Å²) in [6, 6.07) is 2.88. The van der Waals surface area contributed by atoms with Gasteiger partial charge in [-0.1, -0.05) is 10.9 Å². The molecule has 3 N–H and O–H groups in total. The van der Waals surface area contributed by atoms with Gasteiger partial charge in [0.15, 0.2) is 5.78 Å². The van der Waals surface area contributed by atoms with Gasteiger partial charge in [0, 0.05) is 17.4 Å². The lowest BCUT2D eigenvalue weighted by atomic mass is 9.73. The molecule has 2 aromatic carbocycles. The lowest BCUT2D eigenvalue weighted by molar-refractivity contribution is 0.103. The molecule has 0 bridgehead atoms. The number of phenols is 2. The highest BCUT2D eigenvalue weighted by atomic mass is 79.9. The summed E-state index contributed by atoms with van der Waals surface area (Å²) in [4.78, 5) is 13.2. The number of fused-ring (bicyclic) bond motifs is 1. The molecule has 0 atom stereocenters. The maximum Gasteiger partial charge on any atom is 0.197 e. The number of carbonyl (C=O) groups excluding carboxylic acids is 1. The predicted octanol–water partition coefficient (Wildman–Crippen LogP) is 0.516. The maximum atomic E-state index is 13.2. The monoisotopic (exact) mass is 484 g/mol. The Morgan fingerprint density at radius 2 is 1.59 bits per heavy atom. The number of benzene rings is 2. The first-order valence-electron chi connectivity index (χ1n) is 7.63. The SMILES string of the molecule is [B]c1c(O)c([B])c2oc(CCO)c(C(=O)c3cc(Br)c(O)c(Br)c3)c2c1[B]. The van der Waals surface area contributed by atoms with Crippen LogP contribution in [0.5, 0.6) is 11.5 Å². The van der Waals surface area contributed by atoms with Gasteiger partial charge < -0.3 is 19.7 Å². The Labute approximate surface area is 175 Å². The first-order chi connectivity index (χ1) is 12.7. The van der Waals surface area contributed by atoms with E-state index in [-0.39, 0.29) is 63.0 Å². The van der Waals surface area contributed by atoms with Crippen LogP contribution in [-0.2, 0) is 6.42 Å². The molecule has 27 heavy (non-hydrogen) atoms. The van der Waals surface area contributed by atoms with Crippen molar-refractivity contribution >= 4 is 88.5 Å². The summed E-state index contributed by atoms with van der Waals surface area (Å²) in [5, 5.41) is 29.4. The van der Waals surface area contributed by atoms with E-state index in [1.165, 1.54) is 12.1 Å². The van der Waals surface area contributed by atoms with Crippen molar-refractivity contribution in [1.82, 2.24) is 0 Å². The van der Waals surface area contributed by atoms with Crippen molar-refractivity contribution < 1.29 is 24.5 Å². The van der Waals surface area contributed by atoms with Crippen LogP contribution in [0.4, 0.5) is 0 Å². The third-order valence-electron chi connectivity index (χ3n) is 4.14. The minimum Gasteiger partial charge on any atom is -0.509 e. The molecular formula is C17H9B3Br2O5.